The molecule has 0 bridgehead atoms. The smallest absolute Gasteiger partial charge is 0.252 e. The largest absolute Gasteiger partial charge is 0.262 e. The Hall–Kier alpha value is -1.37. The Kier molecular flexibility index (Phi) is 0.978. The van der Waals surface area contributed by atoms with E-state index < -0.39 is 0 Å². The van der Waals surface area contributed by atoms with Gasteiger partial charge in [-0.15, -0.1) is 5.10 Å². The van der Waals surface area contributed by atoms with E-state index in [1.807, 2.05) is 6.07 Å². The third-order valence-corrected chi connectivity index (χ3v) is 1.57. The van der Waals surface area contributed by atoms with E-state index >= 15 is 0 Å². The Labute approximate surface area is 57.9 Å². The predicted molar refractivity (Wildman–Crippen MR) is 33.1 cm³/mol. The molecule has 4 heteroatoms. The second kappa shape index (κ2) is 1.81. The molecule has 1 heterocycles. The van der Waals surface area contributed by atoms with Crippen LogP contribution in [0.4, 0.5) is 0 Å². The van der Waals surface area contributed by atoms with Gasteiger partial charge in [0.05, 0.1) is 0 Å². The Bertz CT molecular complexity index is 278. The van der Waals surface area contributed by atoms with Gasteiger partial charge in [0, 0.05) is 5.92 Å². The maximum atomic E-state index is 8.36. The number of aromatic amines is 1. The van der Waals surface area contributed by atoms with E-state index in [-0.39, 0.29) is 5.82 Å². The summed E-state index contributed by atoms with van der Waals surface area (Å²) in [6, 6.07) is 1.88. The normalized spacial score (nSPS) is 16.7. The van der Waals surface area contributed by atoms with Crippen molar-refractivity contribution in [1.29, 1.82) is 5.26 Å². The number of aromatic nitrogens is 3. The highest BCUT2D eigenvalue weighted by molar-refractivity contribution is 5.12. The molecule has 1 fully saturated rings. The van der Waals surface area contributed by atoms with Crippen LogP contribution in [0.3, 0.4) is 0 Å². The number of nitrogens with zero attached hydrogens (tertiary/aromatic N) is 3. The van der Waals surface area contributed by atoms with Crippen molar-refractivity contribution in [3.8, 4) is 6.07 Å². The first-order chi connectivity index (χ1) is 4.90. The molecule has 0 aliphatic heterocycles. The van der Waals surface area contributed by atoms with Crippen molar-refractivity contribution >= 4 is 0 Å². The van der Waals surface area contributed by atoms with Crippen molar-refractivity contribution in [2.45, 2.75) is 18.8 Å². The summed E-state index contributed by atoms with van der Waals surface area (Å²) in [7, 11) is 0. The quantitative estimate of drug-likeness (QED) is 0.610. The number of nitrogens with one attached hydrogen (secondary N) is 1. The second-order valence-corrected chi connectivity index (χ2v) is 2.43. The molecule has 0 radical (unpaired) electrons. The highest BCUT2D eigenvalue weighted by Gasteiger charge is 2.26. The zero-order valence-corrected chi connectivity index (χ0v) is 5.33. The SMILES string of the molecule is N#Cc1n[nH]c(C2CC2)n1. The minimum Gasteiger partial charge on any atom is -0.262 e. The third-order valence-electron chi connectivity index (χ3n) is 1.57. The predicted octanol–water partition coefficient (Wildman–Crippen LogP) is 0.554. The molecule has 0 atom stereocenters. The summed E-state index contributed by atoms with van der Waals surface area (Å²) < 4.78 is 0. The van der Waals surface area contributed by atoms with E-state index in [2.05, 4.69) is 15.2 Å². The summed E-state index contributed by atoms with van der Waals surface area (Å²) in [5, 5.41) is 14.8. The first-order valence-electron chi connectivity index (χ1n) is 3.22. The van der Waals surface area contributed by atoms with Crippen molar-refractivity contribution < 1.29 is 0 Å². The lowest BCUT2D eigenvalue weighted by Crippen LogP contribution is -1.80. The monoisotopic (exact) mass is 134 g/mol. The summed E-state index contributed by atoms with van der Waals surface area (Å²) in [6.45, 7) is 0. The molecule has 1 N–H and O–H groups in total. The van der Waals surface area contributed by atoms with Gasteiger partial charge in [-0.3, -0.25) is 5.10 Å². The number of rotatable bonds is 1. The Morgan fingerprint density at radius 3 is 2.90 bits per heavy atom. The third kappa shape index (κ3) is 0.760. The number of H-pyrrole nitrogens is 1. The van der Waals surface area contributed by atoms with Crippen LogP contribution in [0, 0.1) is 11.3 Å². The van der Waals surface area contributed by atoms with Crippen LogP contribution >= 0.6 is 0 Å². The van der Waals surface area contributed by atoms with E-state index in [1.54, 1.807) is 0 Å². The zero-order chi connectivity index (χ0) is 6.97. The van der Waals surface area contributed by atoms with Gasteiger partial charge < -0.3 is 0 Å². The molecule has 0 saturated heterocycles. The van der Waals surface area contributed by atoms with Crippen LogP contribution in [0.1, 0.15) is 30.4 Å². The number of hydrogen-bond donors (Lipinski definition) is 1. The standard InChI is InChI=1S/C6H6N4/c7-3-5-8-6(10-9-5)4-1-2-4/h4H,1-2H2,(H,8,9,10). The van der Waals surface area contributed by atoms with E-state index in [0.717, 1.165) is 5.82 Å². The van der Waals surface area contributed by atoms with Gasteiger partial charge in [0.15, 0.2) is 0 Å². The van der Waals surface area contributed by atoms with Crippen LogP contribution in [0.5, 0.6) is 0 Å². The van der Waals surface area contributed by atoms with Crippen LogP contribution in [0.15, 0.2) is 0 Å². The summed E-state index contributed by atoms with van der Waals surface area (Å²) in [5.41, 5.74) is 0. The fourth-order valence-electron chi connectivity index (χ4n) is 0.864. The van der Waals surface area contributed by atoms with E-state index in [1.165, 1.54) is 12.8 Å². The van der Waals surface area contributed by atoms with Gasteiger partial charge in [-0.1, -0.05) is 0 Å². The molecular formula is C6H6N4. The van der Waals surface area contributed by atoms with Gasteiger partial charge in [-0.2, -0.15) is 5.26 Å². The van der Waals surface area contributed by atoms with Gasteiger partial charge in [0.2, 0.25) is 0 Å². The fraction of sp³-hybridized carbons (Fsp3) is 0.500. The molecule has 0 amide bonds. The van der Waals surface area contributed by atoms with Crippen LogP contribution in [-0.2, 0) is 0 Å². The van der Waals surface area contributed by atoms with Gasteiger partial charge in [0.25, 0.3) is 5.82 Å². The van der Waals surface area contributed by atoms with Crippen LogP contribution in [-0.4, -0.2) is 15.2 Å². The van der Waals surface area contributed by atoms with E-state index in [0.29, 0.717) is 5.92 Å². The molecule has 1 saturated carbocycles. The van der Waals surface area contributed by atoms with Crippen molar-refractivity contribution in [3.05, 3.63) is 11.6 Å². The Balaban J connectivity index is 2.29. The highest BCUT2D eigenvalue weighted by atomic mass is 15.2. The first-order valence-corrected chi connectivity index (χ1v) is 3.22. The average molecular weight is 134 g/mol. The molecule has 0 spiro atoms. The molecule has 2 rings (SSSR count). The number of hydrogen-bond acceptors (Lipinski definition) is 3. The Morgan fingerprint density at radius 1 is 1.60 bits per heavy atom. The highest BCUT2D eigenvalue weighted by Crippen LogP contribution is 2.37. The molecule has 0 aromatic carbocycles. The van der Waals surface area contributed by atoms with Crippen molar-refractivity contribution in [2.24, 2.45) is 0 Å². The second-order valence-electron chi connectivity index (χ2n) is 2.43. The molecule has 1 aromatic rings. The van der Waals surface area contributed by atoms with Crippen LogP contribution < -0.4 is 0 Å². The summed E-state index contributed by atoms with van der Waals surface area (Å²) in [5.74, 6) is 1.67. The molecule has 10 heavy (non-hydrogen) atoms. The minimum absolute atomic E-state index is 0.252. The maximum absolute atomic E-state index is 8.36. The molecular weight excluding hydrogens is 128 g/mol. The lowest BCUT2D eigenvalue weighted by molar-refractivity contribution is 0.934. The van der Waals surface area contributed by atoms with Crippen molar-refractivity contribution in [3.63, 3.8) is 0 Å². The Morgan fingerprint density at radius 2 is 2.40 bits per heavy atom. The molecule has 50 valence electrons. The van der Waals surface area contributed by atoms with Gasteiger partial charge in [-0.05, 0) is 12.8 Å². The van der Waals surface area contributed by atoms with Crippen molar-refractivity contribution in [1.82, 2.24) is 15.2 Å². The minimum atomic E-state index is 0.252. The fourth-order valence-corrected chi connectivity index (χ4v) is 0.864. The van der Waals surface area contributed by atoms with Gasteiger partial charge >= 0.3 is 0 Å². The molecule has 1 aliphatic carbocycles. The lowest BCUT2D eigenvalue weighted by Gasteiger charge is -1.81. The molecule has 1 aliphatic rings. The maximum Gasteiger partial charge on any atom is 0.252 e. The van der Waals surface area contributed by atoms with Gasteiger partial charge in [0.1, 0.15) is 11.9 Å². The first kappa shape index (κ1) is 5.42. The summed E-state index contributed by atoms with van der Waals surface area (Å²) in [6.07, 6.45) is 2.36. The summed E-state index contributed by atoms with van der Waals surface area (Å²) in [4.78, 5) is 3.96. The topological polar surface area (TPSA) is 65.4 Å². The molecule has 1 aromatic heterocycles. The average Bonchev–Trinajstić information content (AvgIpc) is 2.70. The summed E-state index contributed by atoms with van der Waals surface area (Å²) >= 11 is 0. The lowest BCUT2D eigenvalue weighted by atomic mass is 10.4. The molecule has 0 unspecified atom stereocenters. The zero-order valence-electron chi connectivity index (χ0n) is 5.33. The van der Waals surface area contributed by atoms with Crippen LogP contribution in [0.2, 0.25) is 0 Å². The van der Waals surface area contributed by atoms with E-state index in [4.69, 9.17) is 5.26 Å². The molecule has 4 nitrogen and oxygen atoms in total. The van der Waals surface area contributed by atoms with Crippen LogP contribution in [0.25, 0.3) is 0 Å². The van der Waals surface area contributed by atoms with Gasteiger partial charge in [-0.25, -0.2) is 4.98 Å². The number of nitriles is 1. The van der Waals surface area contributed by atoms with E-state index in [9.17, 15) is 0 Å². The van der Waals surface area contributed by atoms with Crippen molar-refractivity contribution in [2.75, 3.05) is 0 Å².